The van der Waals surface area contributed by atoms with E-state index in [0.29, 0.717) is 92.2 Å². The van der Waals surface area contributed by atoms with E-state index in [1.165, 1.54) is 0 Å². The molecule has 0 aliphatic heterocycles. The highest BCUT2D eigenvalue weighted by molar-refractivity contribution is 5.79. The van der Waals surface area contributed by atoms with E-state index in [1.807, 2.05) is 95.0 Å². The standard InChI is InChI=1S/C20H48N8O.2C17H41N7O.C14H34N6O.C11H27N5O/c1-26(2)18-20(29)25-19-28(15-6-12-24-11-3-8-21)17-7-16-27(13-4-9-22)14-5-10-23;1-22(2)15-17(25)21-16-24(12-5-9-20)14-6-13-23(10-3-7-18)11-4-8-19;1-23(2)15-17(25)22-16-24(13-5-11-20-9-3-7-18)14-6-12-21-10-4-8-19;1-19(2)12-14(21)18-13-20(10-4-7-16)11-5-9-17-8-3-6-15;1-15(2)9-11(17)14-10-16(7-3-5-12)8-4-6-13/h24H,3-19,21-23H2,1-2H3,(H,25,29);3-16,18-20H2,1-2H3,(H,21,25);20-21H,3-16,18-19H2,1-2H3,(H,22,25);17H,3-13,15-16H2,1-2H3,(H,18,21);3-10,12-13H2,1-2H3,(H,14,17). The lowest BCUT2D eigenvalue weighted by atomic mass is 10.2. The third-order valence-corrected chi connectivity index (χ3v) is 17.7. The zero-order valence-electron chi connectivity index (χ0n) is 76.6. The highest BCUT2D eigenvalue weighted by Gasteiger charge is 2.15. The molecule has 0 atom stereocenters. The Kier molecular flexibility index (Phi) is 100.0. The molecule has 0 aromatic carbocycles. The molecule has 38 heteroatoms. The number of hydrogen-bond acceptors (Lipinski definition) is 33. The van der Waals surface area contributed by atoms with Crippen molar-refractivity contribution >= 4 is 29.5 Å². The van der Waals surface area contributed by atoms with Crippen LogP contribution in [0.1, 0.15) is 116 Å². The van der Waals surface area contributed by atoms with E-state index in [4.69, 9.17) is 68.8 Å². The van der Waals surface area contributed by atoms with Crippen molar-refractivity contribution in [2.24, 2.45) is 68.8 Å². The molecule has 0 spiro atoms. The molecular weight excluding hydrogens is 1490 g/mol. The lowest BCUT2D eigenvalue weighted by Gasteiger charge is -2.26. The largest absolute Gasteiger partial charge is 0.342 e. The van der Waals surface area contributed by atoms with Gasteiger partial charge in [0.05, 0.1) is 66.1 Å². The Morgan fingerprint density at radius 1 is 0.179 bits per heavy atom. The van der Waals surface area contributed by atoms with Crippen LogP contribution in [0.4, 0.5) is 0 Å². The minimum absolute atomic E-state index is 0.0421. The van der Waals surface area contributed by atoms with E-state index in [-0.39, 0.29) is 29.5 Å². The monoisotopic (exact) mass is 1680 g/mol. The van der Waals surface area contributed by atoms with Gasteiger partial charge in [-0.2, -0.15) is 0 Å². The van der Waals surface area contributed by atoms with Crippen molar-refractivity contribution in [2.75, 3.05) is 372 Å². The highest BCUT2D eigenvalue weighted by Crippen LogP contribution is 2.03. The molecule has 117 heavy (non-hydrogen) atoms. The lowest BCUT2D eigenvalue weighted by molar-refractivity contribution is -0.123. The molecule has 0 saturated carbocycles. The molecule has 0 aromatic heterocycles. The molecule has 0 aliphatic carbocycles. The number of carbonyl (C=O) groups is 5. The fraction of sp³-hybridized carbons (Fsp3) is 0.937. The van der Waals surface area contributed by atoms with E-state index < -0.39 is 0 Å². The van der Waals surface area contributed by atoms with Gasteiger partial charge in [0.25, 0.3) is 0 Å². The summed E-state index contributed by atoms with van der Waals surface area (Å²) in [6.07, 6.45) is 18.2. The summed E-state index contributed by atoms with van der Waals surface area (Å²) >= 11 is 0. The van der Waals surface area contributed by atoms with E-state index in [1.54, 1.807) is 0 Å². The van der Waals surface area contributed by atoms with Crippen LogP contribution in [0.5, 0.6) is 0 Å². The average molecular weight is 1680 g/mol. The molecule has 33 N–H and O–H groups in total. The fourth-order valence-electron chi connectivity index (χ4n) is 11.4. The zero-order chi connectivity index (χ0) is 88.4. The summed E-state index contributed by atoms with van der Waals surface area (Å²) in [5.74, 6) is 0.278. The van der Waals surface area contributed by atoms with E-state index in [9.17, 15) is 24.0 Å². The molecule has 0 rings (SSSR count). The van der Waals surface area contributed by atoms with Crippen molar-refractivity contribution in [3.05, 3.63) is 0 Å². The average Bonchev–Trinajstić information content (AvgIpc) is 0.951. The van der Waals surface area contributed by atoms with E-state index >= 15 is 0 Å². The van der Waals surface area contributed by atoms with Gasteiger partial charge in [-0.25, -0.2) is 0 Å². The van der Waals surface area contributed by atoms with E-state index in [2.05, 4.69) is 82.2 Å². The van der Waals surface area contributed by atoms with Crippen LogP contribution in [0.15, 0.2) is 0 Å². The maximum Gasteiger partial charge on any atom is 0.235 e. The second-order valence-electron chi connectivity index (χ2n) is 31.1. The number of nitrogens with one attached hydrogen (secondary N) is 9. The molecule has 0 aromatic rings. The number of nitrogens with zero attached hydrogens (tertiary/aromatic N) is 12. The third kappa shape index (κ3) is 99.2. The summed E-state index contributed by atoms with van der Waals surface area (Å²) in [7, 11) is 18.9. The lowest BCUT2D eigenvalue weighted by Crippen LogP contribution is -2.43. The molecule has 0 heterocycles. The molecule has 0 aliphatic rings. The van der Waals surface area contributed by atoms with Gasteiger partial charge in [0, 0.05) is 65.4 Å². The summed E-state index contributed by atoms with van der Waals surface area (Å²) in [6, 6.07) is 0. The van der Waals surface area contributed by atoms with Crippen LogP contribution in [0.2, 0.25) is 0 Å². The molecule has 38 nitrogen and oxygen atoms in total. The molecule has 0 saturated heterocycles. The second-order valence-corrected chi connectivity index (χ2v) is 31.1. The minimum atomic E-state index is 0.0421. The van der Waals surface area contributed by atoms with Crippen LogP contribution in [0.25, 0.3) is 0 Å². The van der Waals surface area contributed by atoms with Crippen molar-refractivity contribution in [3.8, 4) is 0 Å². The number of nitrogens with two attached hydrogens (primary N) is 12. The number of carbonyl (C=O) groups excluding carboxylic acids is 5. The Labute approximate surface area is 713 Å². The number of hydrogen-bond donors (Lipinski definition) is 21. The number of likely N-dealkylation sites (N-methyl/N-ethyl adjacent to an activating group) is 5. The molecule has 0 bridgehead atoms. The smallest absolute Gasteiger partial charge is 0.235 e. The van der Waals surface area contributed by atoms with Gasteiger partial charge >= 0.3 is 0 Å². The van der Waals surface area contributed by atoms with Crippen molar-refractivity contribution in [1.29, 1.82) is 0 Å². The first-order valence-corrected chi connectivity index (χ1v) is 44.2. The van der Waals surface area contributed by atoms with Crippen LogP contribution in [0, 0.1) is 0 Å². The summed E-state index contributed by atoms with van der Waals surface area (Å²) in [6.45, 7) is 36.9. The zero-order valence-corrected chi connectivity index (χ0v) is 76.6. The van der Waals surface area contributed by atoms with Gasteiger partial charge in [-0.05, 0) is 356 Å². The van der Waals surface area contributed by atoms with Crippen molar-refractivity contribution in [3.63, 3.8) is 0 Å². The van der Waals surface area contributed by atoms with Crippen molar-refractivity contribution in [1.82, 2.24) is 107 Å². The maximum absolute atomic E-state index is 12.0. The summed E-state index contributed by atoms with van der Waals surface area (Å²) in [5, 5.41) is 28.5. The Morgan fingerprint density at radius 2 is 0.308 bits per heavy atom. The van der Waals surface area contributed by atoms with Crippen LogP contribution in [0.3, 0.4) is 0 Å². The quantitative estimate of drug-likeness (QED) is 0.0199. The minimum Gasteiger partial charge on any atom is -0.342 e. The van der Waals surface area contributed by atoms with Gasteiger partial charge in [-0.1, -0.05) is 0 Å². The summed E-state index contributed by atoms with van der Waals surface area (Å²) in [4.78, 5) is 84.3. The van der Waals surface area contributed by atoms with E-state index in [0.717, 1.165) is 325 Å². The second kappa shape index (κ2) is 96.1. The SMILES string of the molecule is CN(C)CC(=O)NCN(CCCN)CCCN.CN(C)CC(=O)NCN(CCCN)CCCN(CCCN)CCCN.CN(C)CC(=O)NCN(CCCN)CCCNCCCN.CN(C)CC(=O)NCN(CCCNCCCN)CCCN(CCCN)CCCN.CN(C)CC(=O)NCN(CCCNCCCN)CCCNCCCN. The third-order valence-electron chi connectivity index (χ3n) is 17.7. The molecule has 0 fully saturated rings. The number of amides is 5. The Hall–Kier alpha value is -3.77. The predicted molar refractivity (Wildman–Crippen MR) is 492 cm³/mol. The van der Waals surface area contributed by atoms with Crippen LogP contribution < -0.4 is 117 Å². The van der Waals surface area contributed by atoms with Crippen LogP contribution in [-0.2, 0) is 24.0 Å². The summed E-state index contributed by atoms with van der Waals surface area (Å²) < 4.78 is 0. The Balaban J connectivity index is -0.000000451. The Morgan fingerprint density at radius 3 is 0.462 bits per heavy atom. The van der Waals surface area contributed by atoms with Gasteiger partial charge in [0.1, 0.15) is 0 Å². The topological polar surface area (TPSA) is 545 Å². The first-order chi connectivity index (χ1) is 56.3. The molecule has 0 radical (unpaired) electrons. The van der Waals surface area contributed by atoms with Crippen LogP contribution in [-0.4, -0.2) is 460 Å². The molecule has 702 valence electrons. The van der Waals surface area contributed by atoms with Crippen molar-refractivity contribution in [2.45, 2.75) is 116 Å². The van der Waals surface area contributed by atoms with Crippen molar-refractivity contribution < 1.29 is 24.0 Å². The fourth-order valence-corrected chi connectivity index (χ4v) is 11.4. The first-order valence-electron chi connectivity index (χ1n) is 44.2. The van der Waals surface area contributed by atoms with Gasteiger partial charge < -0.3 is 151 Å². The molecule has 5 amide bonds. The normalized spacial score (nSPS) is 11.5. The first kappa shape index (κ1) is 122. The maximum atomic E-state index is 12.0. The summed E-state index contributed by atoms with van der Waals surface area (Å²) in [5.41, 5.74) is 66.7. The molecular formula is C79H191N33O5. The number of rotatable bonds is 80. The highest BCUT2D eigenvalue weighted by atomic mass is 16.2. The van der Waals surface area contributed by atoms with Gasteiger partial charge in [0.2, 0.25) is 29.5 Å². The predicted octanol–water partition coefficient (Wildman–Crippen LogP) is -6.89. The Bertz CT molecular complexity index is 2010. The van der Waals surface area contributed by atoms with Crippen LogP contribution >= 0.6 is 0 Å². The van der Waals surface area contributed by atoms with Gasteiger partial charge in [-0.15, -0.1) is 0 Å². The van der Waals surface area contributed by atoms with Gasteiger partial charge in [0.15, 0.2) is 0 Å². The van der Waals surface area contributed by atoms with Gasteiger partial charge in [-0.3, -0.25) is 48.5 Å². The molecule has 0 unspecified atom stereocenters.